The molecule has 0 bridgehead atoms. The van der Waals surface area contributed by atoms with Gasteiger partial charge < -0.3 is 20.4 Å². The van der Waals surface area contributed by atoms with E-state index in [1.54, 1.807) is 0 Å². The number of carbonyl (C=O) groups is 2. The molecular weight excluding hydrogens is 264 g/mol. The molecule has 6 heteroatoms. The van der Waals surface area contributed by atoms with Gasteiger partial charge in [-0.25, -0.2) is 9.59 Å². The largest absolute Gasteiger partial charge is 0.472 e. The van der Waals surface area contributed by atoms with E-state index in [1.165, 1.54) is 11.8 Å². The first-order valence-electron chi connectivity index (χ1n) is 5.95. The van der Waals surface area contributed by atoms with Crippen molar-refractivity contribution in [1.82, 2.24) is 0 Å². The minimum Gasteiger partial charge on any atom is -0.472 e. The molecule has 4 N–H and O–H groups in total. The standard InChI is InChI=1S/2C5H12O.C4H2O4/c2*1-5(2,3)4-6;5-3(6)1-2-4(7)8/h2*6H,4H2,1-3H3;(H,5,6)(H,7,8). The van der Waals surface area contributed by atoms with Crippen molar-refractivity contribution in [2.45, 2.75) is 41.5 Å². The van der Waals surface area contributed by atoms with Gasteiger partial charge in [0.05, 0.1) is 0 Å². The van der Waals surface area contributed by atoms with E-state index in [9.17, 15) is 9.59 Å². The first kappa shape index (κ1) is 23.5. The highest BCUT2D eigenvalue weighted by molar-refractivity contribution is 5.96. The maximum absolute atomic E-state index is 9.47. The molecule has 0 atom stereocenters. The molecule has 6 nitrogen and oxygen atoms in total. The highest BCUT2D eigenvalue weighted by atomic mass is 16.4. The van der Waals surface area contributed by atoms with Gasteiger partial charge in [0.25, 0.3) is 0 Å². The number of aliphatic carboxylic acids is 2. The summed E-state index contributed by atoms with van der Waals surface area (Å²) < 4.78 is 0. The monoisotopic (exact) mass is 290 g/mol. The molecule has 0 aliphatic carbocycles. The van der Waals surface area contributed by atoms with Gasteiger partial charge >= 0.3 is 11.9 Å². The lowest BCUT2D eigenvalue weighted by Gasteiger charge is -2.11. The van der Waals surface area contributed by atoms with Crippen LogP contribution in [0.4, 0.5) is 0 Å². The molecule has 0 aromatic carbocycles. The van der Waals surface area contributed by atoms with E-state index in [2.05, 4.69) is 0 Å². The van der Waals surface area contributed by atoms with Crippen LogP contribution in [0.15, 0.2) is 0 Å². The average molecular weight is 290 g/mol. The number of aliphatic hydroxyl groups is 2. The first-order chi connectivity index (χ1) is 8.75. The van der Waals surface area contributed by atoms with Crippen molar-refractivity contribution < 1.29 is 30.0 Å². The van der Waals surface area contributed by atoms with Gasteiger partial charge in [-0.15, -0.1) is 0 Å². The fourth-order valence-corrected chi connectivity index (χ4v) is 0.107. The molecule has 0 heterocycles. The third-order valence-electron chi connectivity index (χ3n) is 1.23. The molecule has 118 valence electrons. The summed E-state index contributed by atoms with van der Waals surface area (Å²) in [6.07, 6.45) is 0. The third-order valence-corrected chi connectivity index (χ3v) is 1.23. The Morgan fingerprint density at radius 1 is 0.750 bits per heavy atom. The molecular formula is C14H26O6. The Morgan fingerprint density at radius 3 is 0.950 bits per heavy atom. The molecule has 0 aromatic heterocycles. The van der Waals surface area contributed by atoms with Crippen molar-refractivity contribution in [3.8, 4) is 11.8 Å². The fraction of sp³-hybridized carbons (Fsp3) is 0.714. The van der Waals surface area contributed by atoms with E-state index in [0.29, 0.717) is 0 Å². The van der Waals surface area contributed by atoms with Gasteiger partial charge in [-0.1, -0.05) is 41.5 Å². The van der Waals surface area contributed by atoms with E-state index < -0.39 is 11.9 Å². The predicted octanol–water partition coefficient (Wildman–Crippen LogP) is 1.21. The van der Waals surface area contributed by atoms with Gasteiger partial charge in [-0.05, 0) is 10.8 Å². The van der Waals surface area contributed by atoms with Crippen LogP contribution < -0.4 is 0 Å². The van der Waals surface area contributed by atoms with Gasteiger partial charge in [-0.2, -0.15) is 0 Å². The molecule has 0 rings (SSSR count). The average Bonchev–Trinajstić information content (AvgIpc) is 2.26. The number of carboxylic acid groups (broad SMARTS) is 2. The van der Waals surface area contributed by atoms with Crippen molar-refractivity contribution >= 4 is 11.9 Å². The maximum atomic E-state index is 9.47. The van der Waals surface area contributed by atoms with Crippen LogP contribution in [0.2, 0.25) is 0 Å². The van der Waals surface area contributed by atoms with Crippen molar-refractivity contribution in [2.24, 2.45) is 10.8 Å². The minimum atomic E-state index is -1.44. The van der Waals surface area contributed by atoms with E-state index in [0.717, 1.165) is 0 Å². The zero-order valence-electron chi connectivity index (χ0n) is 13.0. The third kappa shape index (κ3) is 44.0. The highest BCUT2D eigenvalue weighted by Crippen LogP contribution is 2.09. The molecule has 0 saturated carbocycles. The smallest absolute Gasteiger partial charge is 0.382 e. The fourth-order valence-electron chi connectivity index (χ4n) is 0.107. The zero-order valence-corrected chi connectivity index (χ0v) is 13.0. The van der Waals surface area contributed by atoms with Gasteiger partial charge in [-0.3, -0.25) is 0 Å². The van der Waals surface area contributed by atoms with Crippen LogP contribution in [0.1, 0.15) is 41.5 Å². The minimum absolute atomic E-state index is 0.0972. The van der Waals surface area contributed by atoms with Crippen LogP contribution in [0.3, 0.4) is 0 Å². The van der Waals surface area contributed by atoms with Gasteiger partial charge in [0.2, 0.25) is 0 Å². The SMILES string of the molecule is CC(C)(C)CO.CC(C)(C)CO.O=C(O)C#CC(=O)O. The lowest BCUT2D eigenvalue weighted by Crippen LogP contribution is -2.09. The lowest BCUT2D eigenvalue weighted by molar-refractivity contribution is -0.132. The summed E-state index contributed by atoms with van der Waals surface area (Å²) in [6, 6.07) is 0. The summed E-state index contributed by atoms with van der Waals surface area (Å²) in [5, 5.41) is 32.3. The Kier molecular flexibility index (Phi) is 13.2. The van der Waals surface area contributed by atoms with Crippen molar-refractivity contribution in [3.63, 3.8) is 0 Å². The second-order valence-corrected chi connectivity index (χ2v) is 6.30. The number of rotatable bonds is 0. The molecule has 0 radical (unpaired) electrons. The molecule has 0 fully saturated rings. The van der Waals surface area contributed by atoms with Crippen LogP contribution in [-0.4, -0.2) is 45.6 Å². The summed E-state index contributed by atoms with van der Waals surface area (Å²) in [4.78, 5) is 18.9. The summed E-state index contributed by atoms with van der Waals surface area (Å²) in [5.74, 6) is -0.0511. The Bertz CT molecular complexity index is 303. The molecule has 0 aromatic rings. The van der Waals surface area contributed by atoms with E-state index in [-0.39, 0.29) is 24.0 Å². The van der Waals surface area contributed by atoms with Crippen LogP contribution >= 0.6 is 0 Å². The van der Waals surface area contributed by atoms with Gasteiger partial charge in [0.1, 0.15) is 0 Å². The van der Waals surface area contributed by atoms with Gasteiger partial charge in [0.15, 0.2) is 0 Å². The summed E-state index contributed by atoms with van der Waals surface area (Å²) >= 11 is 0. The molecule has 0 spiro atoms. The van der Waals surface area contributed by atoms with E-state index >= 15 is 0 Å². The van der Waals surface area contributed by atoms with Gasteiger partial charge in [0, 0.05) is 25.1 Å². The topological polar surface area (TPSA) is 115 Å². The number of carboxylic acids is 2. The Labute approximate surface area is 120 Å². The Hall–Kier alpha value is -1.58. The molecule has 0 unspecified atom stereocenters. The summed E-state index contributed by atoms with van der Waals surface area (Å²) in [7, 11) is 0. The number of hydrogen-bond donors (Lipinski definition) is 4. The molecule has 0 aliphatic heterocycles. The summed E-state index contributed by atoms with van der Waals surface area (Å²) in [5.41, 5.74) is 0.194. The van der Waals surface area contributed by atoms with Crippen LogP contribution in [0, 0.1) is 22.7 Å². The van der Waals surface area contributed by atoms with Crippen molar-refractivity contribution in [1.29, 1.82) is 0 Å². The molecule has 0 aliphatic rings. The summed E-state index contributed by atoms with van der Waals surface area (Å²) in [6.45, 7) is 12.5. The Balaban J connectivity index is -0.000000221. The second-order valence-electron chi connectivity index (χ2n) is 6.30. The number of hydrogen-bond acceptors (Lipinski definition) is 4. The Morgan fingerprint density at radius 2 is 0.900 bits per heavy atom. The molecule has 20 heavy (non-hydrogen) atoms. The van der Waals surface area contributed by atoms with E-state index in [4.69, 9.17) is 20.4 Å². The normalized spacial score (nSPS) is 9.80. The van der Waals surface area contributed by atoms with Crippen LogP contribution in [0.5, 0.6) is 0 Å². The van der Waals surface area contributed by atoms with E-state index in [1.807, 2.05) is 41.5 Å². The number of aliphatic hydroxyl groups excluding tert-OH is 2. The lowest BCUT2D eigenvalue weighted by atomic mass is 9.99. The maximum Gasteiger partial charge on any atom is 0.382 e. The predicted molar refractivity (Wildman–Crippen MR) is 76.1 cm³/mol. The molecule has 0 amide bonds. The zero-order chi connectivity index (χ0) is 17.0. The van der Waals surface area contributed by atoms with Crippen molar-refractivity contribution in [3.05, 3.63) is 0 Å². The highest BCUT2D eigenvalue weighted by Gasteiger charge is 2.05. The quantitative estimate of drug-likeness (QED) is 0.498. The molecule has 0 saturated heterocycles. The van der Waals surface area contributed by atoms with Crippen LogP contribution in [0.25, 0.3) is 0 Å². The second kappa shape index (κ2) is 11.3. The first-order valence-corrected chi connectivity index (χ1v) is 5.95. The van der Waals surface area contributed by atoms with Crippen LogP contribution in [-0.2, 0) is 9.59 Å². The van der Waals surface area contributed by atoms with Crippen molar-refractivity contribution in [2.75, 3.05) is 13.2 Å².